The number of carbonyl (C=O) groups excluding carboxylic acids is 1. The fourth-order valence-corrected chi connectivity index (χ4v) is 1.85. The van der Waals surface area contributed by atoms with Crippen LogP contribution in [0.5, 0.6) is 0 Å². The van der Waals surface area contributed by atoms with Crippen molar-refractivity contribution in [3.8, 4) is 11.8 Å². The molecule has 0 unspecified atom stereocenters. The Morgan fingerprint density at radius 1 is 1.29 bits per heavy atom. The van der Waals surface area contributed by atoms with Crippen LogP contribution in [0.2, 0.25) is 0 Å². The number of nitrogens with one attached hydrogen (secondary N) is 1. The molecule has 0 aliphatic carbocycles. The standard InChI is InChI=1S/C17H16N2O2/c1-13-5-2-9-16(19-13)12-18-17(21)15-8-3-6-14(11-15)7-4-10-20/h2-3,5-6,8-9,11,20H,10,12H2,1H3,(H,18,21). The van der Waals surface area contributed by atoms with E-state index in [1.54, 1.807) is 24.3 Å². The molecule has 2 rings (SSSR count). The van der Waals surface area contributed by atoms with Gasteiger partial charge >= 0.3 is 0 Å². The molecule has 0 aliphatic rings. The predicted molar refractivity (Wildman–Crippen MR) is 80.6 cm³/mol. The number of aryl methyl sites for hydroxylation is 1. The molecule has 4 nitrogen and oxygen atoms in total. The molecule has 0 saturated heterocycles. The normalized spacial score (nSPS) is 9.62. The highest BCUT2D eigenvalue weighted by Crippen LogP contribution is 2.05. The van der Waals surface area contributed by atoms with Gasteiger partial charge in [-0.05, 0) is 37.3 Å². The molecular weight excluding hydrogens is 264 g/mol. The average Bonchev–Trinajstić information content (AvgIpc) is 2.51. The molecule has 1 aromatic carbocycles. The van der Waals surface area contributed by atoms with Crippen LogP contribution in [0.3, 0.4) is 0 Å². The van der Waals surface area contributed by atoms with E-state index in [0.29, 0.717) is 17.7 Å². The van der Waals surface area contributed by atoms with Crippen LogP contribution in [0.25, 0.3) is 0 Å². The highest BCUT2D eigenvalue weighted by Gasteiger charge is 2.06. The maximum absolute atomic E-state index is 12.1. The fraction of sp³-hybridized carbons (Fsp3) is 0.176. The monoisotopic (exact) mass is 280 g/mol. The number of aromatic nitrogens is 1. The quantitative estimate of drug-likeness (QED) is 0.841. The number of aliphatic hydroxyl groups is 1. The summed E-state index contributed by atoms with van der Waals surface area (Å²) in [6.07, 6.45) is 0. The van der Waals surface area contributed by atoms with Gasteiger partial charge in [0.15, 0.2) is 0 Å². The van der Waals surface area contributed by atoms with Crippen LogP contribution >= 0.6 is 0 Å². The second-order valence-corrected chi connectivity index (χ2v) is 4.49. The van der Waals surface area contributed by atoms with E-state index in [1.165, 1.54) is 0 Å². The SMILES string of the molecule is Cc1cccc(CNC(=O)c2cccc(C#CCO)c2)n1. The van der Waals surface area contributed by atoms with Gasteiger partial charge in [-0.3, -0.25) is 9.78 Å². The number of carbonyl (C=O) groups is 1. The van der Waals surface area contributed by atoms with E-state index in [1.807, 2.05) is 25.1 Å². The maximum atomic E-state index is 12.1. The Hall–Kier alpha value is -2.64. The molecule has 2 N–H and O–H groups in total. The van der Waals surface area contributed by atoms with Crippen molar-refractivity contribution in [3.05, 3.63) is 65.0 Å². The number of nitrogens with zero attached hydrogens (tertiary/aromatic N) is 1. The van der Waals surface area contributed by atoms with Gasteiger partial charge in [-0.25, -0.2) is 0 Å². The summed E-state index contributed by atoms with van der Waals surface area (Å²) in [5, 5.41) is 11.5. The molecule has 1 aromatic heterocycles. The zero-order chi connectivity index (χ0) is 15.1. The molecule has 0 atom stereocenters. The Labute approximate surface area is 123 Å². The van der Waals surface area contributed by atoms with E-state index in [2.05, 4.69) is 22.1 Å². The zero-order valence-electron chi connectivity index (χ0n) is 11.8. The van der Waals surface area contributed by atoms with Crippen molar-refractivity contribution in [3.63, 3.8) is 0 Å². The lowest BCUT2D eigenvalue weighted by atomic mass is 10.1. The van der Waals surface area contributed by atoms with Crippen molar-refractivity contribution in [1.29, 1.82) is 0 Å². The lowest BCUT2D eigenvalue weighted by molar-refractivity contribution is 0.0950. The molecule has 21 heavy (non-hydrogen) atoms. The summed E-state index contributed by atoms with van der Waals surface area (Å²) >= 11 is 0. The van der Waals surface area contributed by atoms with E-state index < -0.39 is 0 Å². The average molecular weight is 280 g/mol. The van der Waals surface area contributed by atoms with E-state index in [0.717, 1.165) is 11.4 Å². The van der Waals surface area contributed by atoms with Crippen molar-refractivity contribution >= 4 is 5.91 Å². The summed E-state index contributed by atoms with van der Waals surface area (Å²) in [6.45, 7) is 2.09. The van der Waals surface area contributed by atoms with Gasteiger partial charge in [0.2, 0.25) is 0 Å². The molecule has 106 valence electrons. The van der Waals surface area contributed by atoms with Gasteiger partial charge in [0.1, 0.15) is 6.61 Å². The van der Waals surface area contributed by atoms with Crippen molar-refractivity contribution < 1.29 is 9.90 Å². The van der Waals surface area contributed by atoms with Crippen molar-refractivity contribution in [2.75, 3.05) is 6.61 Å². The van der Waals surface area contributed by atoms with Gasteiger partial charge in [0, 0.05) is 16.8 Å². The molecule has 0 bridgehead atoms. The molecular formula is C17H16N2O2. The minimum absolute atomic E-state index is 0.175. The van der Waals surface area contributed by atoms with Gasteiger partial charge < -0.3 is 10.4 Å². The molecule has 1 heterocycles. The van der Waals surface area contributed by atoms with Crippen LogP contribution in [0.4, 0.5) is 0 Å². The number of rotatable bonds is 3. The number of pyridine rings is 1. The molecule has 0 spiro atoms. The number of aliphatic hydroxyl groups excluding tert-OH is 1. The number of amides is 1. The van der Waals surface area contributed by atoms with Crippen LogP contribution in [0, 0.1) is 18.8 Å². The summed E-state index contributed by atoms with van der Waals surface area (Å²) < 4.78 is 0. The molecule has 0 fully saturated rings. The van der Waals surface area contributed by atoms with Gasteiger partial charge in [-0.15, -0.1) is 0 Å². The van der Waals surface area contributed by atoms with Gasteiger partial charge in [0.25, 0.3) is 5.91 Å². The highest BCUT2D eigenvalue weighted by molar-refractivity contribution is 5.94. The van der Waals surface area contributed by atoms with E-state index in [-0.39, 0.29) is 12.5 Å². The van der Waals surface area contributed by atoms with E-state index in [9.17, 15) is 4.79 Å². The number of hydrogen-bond donors (Lipinski definition) is 2. The smallest absolute Gasteiger partial charge is 0.251 e. The van der Waals surface area contributed by atoms with Gasteiger partial charge in [-0.2, -0.15) is 0 Å². The second kappa shape index (κ2) is 7.22. The first-order chi connectivity index (χ1) is 10.2. The van der Waals surface area contributed by atoms with Gasteiger partial charge in [-0.1, -0.05) is 24.0 Å². The zero-order valence-corrected chi connectivity index (χ0v) is 11.8. The van der Waals surface area contributed by atoms with Crippen LogP contribution < -0.4 is 5.32 Å². The third kappa shape index (κ3) is 4.44. The number of hydrogen-bond acceptors (Lipinski definition) is 3. The van der Waals surface area contributed by atoms with E-state index >= 15 is 0 Å². The lowest BCUT2D eigenvalue weighted by Crippen LogP contribution is -2.23. The summed E-state index contributed by atoms with van der Waals surface area (Å²) in [7, 11) is 0. The first-order valence-corrected chi connectivity index (χ1v) is 6.59. The third-order valence-corrected chi connectivity index (χ3v) is 2.81. The molecule has 0 saturated carbocycles. The maximum Gasteiger partial charge on any atom is 0.251 e. The van der Waals surface area contributed by atoms with Crippen LogP contribution in [0.15, 0.2) is 42.5 Å². The van der Waals surface area contributed by atoms with Gasteiger partial charge in [0.05, 0.1) is 12.2 Å². The van der Waals surface area contributed by atoms with Crippen LogP contribution in [0.1, 0.15) is 27.3 Å². The molecule has 4 heteroatoms. The van der Waals surface area contributed by atoms with Crippen molar-refractivity contribution in [2.24, 2.45) is 0 Å². The Bertz CT molecular complexity index is 699. The lowest BCUT2D eigenvalue weighted by Gasteiger charge is -2.06. The number of benzene rings is 1. The molecule has 0 radical (unpaired) electrons. The molecule has 1 amide bonds. The van der Waals surface area contributed by atoms with Crippen molar-refractivity contribution in [2.45, 2.75) is 13.5 Å². The Balaban J connectivity index is 2.03. The minimum Gasteiger partial charge on any atom is -0.384 e. The first kappa shape index (κ1) is 14.8. The minimum atomic E-state index is -0.199. The Morgan fingerprint density at radius 3 is 2.86 bits per heavy atom. The summed E-state index contributed by atoms with van der Waals surface area (Å²) in [5.41, 5.74) is 2.97. The third-order valence-electron chi connectivity index (χ3n) is 2.81. The summed E-state index contributed by atoms with van der Waals surface area (Å²) in [6, 6.07) is 12.7. The van der Waals surface area contributed by atoms with Crippen LogP contribution in [-0.4, -0.2) is 22.6 Å². The second-order valence-electron chi connectivity index (χ2n) is 4.49. The van der Waals surface area contributed by atoms with Crippen LogP contribution in [-0.2, 0) is 6.54 Å². The first-order valence-electron chi connectivity index (χ1n) is 6.59. The predicted octanol–water partition coefficient (Wildman–Crippen LogP) is 1.66. The van der Waals surface area contributed by atoms with E-state index in [4.69, 9.17) is 5.11 Å². The topological polar surface area (TPSA) is 62.2 Å². The Morgan fingerprint density at radius 2 is 2.10 bits per heavy atom. The molecule has 2 aromatic rings. The largest absolute Gasteiger partial charge is 0.384 e. The Kier molecular flexibility index (Phi) is 5.08. The molecule has 0 aliphatic heterocycles. The summed E-state index contributed by atoms with van der Waals surface area (Å²) in [5.74, 6) is 5.16. The van der Waals surface area contributed by atoms with Crippen molar-refractivity contribution in [1.82, 2.24) is 10.3 Å². The summed E-state index contributed by atoms with van der Waals surface area (Å²) in [4.78, 5) is 16.4. The highest BCUT2D eigenvalue weighted by atomic mass is 16.2. The fourth-order valence-electron chi connectivity index (χ4n) is 1.85.